The minimum atomic E-state index is 0.0544. The smallest absolute Gasteiger partial charge is 0.0628 e. The number of hydrogen-bond acceptors (Lipinski definition) is 1. The lowest BCUT2D eigenvalue weighted by Crippen LogP contribution is -1.95. The Labute approximate surface area is 83.4 Å². The Morgan fingerprint density at radius 3 is 3.00 bits per heavy atom. The molecule has 1 atom stereocenters. The van der Waals surface area contributed by atoms with Gasteiger partial charge in [-0.05, 0) is 35.9 Å². The van der Waals surface area contributed by atoms with Gasteiger partial charge in [0, 0.05) is 4.91 Å². The second kappa shape index (κ2) is 4.16. The minimum Gasteiger partial charge on any atom is -0.0859 e. The van der Waals surface area contributed by atoms with Crippen LogP contribution in [0.2, 0.25) is 0 Å². The largest absolute Gasteiger partial charge is 0.0859 e. The SMILES string of the molecule is [N-]=[N+]=NC1CCCCc2ccccc21. The molecule has 0 amide bonds. The first-order valence-electron chi connectivity index (χ1n) is 5.04. The van der Waals surface area contributed by atoms with Crippen LogP contribution in [0.5, 0.6) is 0 Å². The standard InChI is InChI=1S/C11H13N3/c12-14-13-11-8-4-2-6-9-5-1-3-7-10(9)11/h1,3,5,7,11H,2,4,6,8H2. The van der Waals surface area contributed by atoms with Crippen LogP contribution < -0.4 is 0 Å². The minimum absolute atomic E-state index is 0.0544. The summed E-state index contributed by atoms with van der Waals surface area (Å²) in [6.07, 6.45) is 4.46. The molecule has 1 unspecified atom stereocenters. The Kier molecular flexibility index (Phi) is 2.70. The van der Waals surface area contributed by atoms with Crippen LogP contribution in [0, 0.1) is 0 Å². The summed E-state index contributed by atoms with van der Waals surface area (Å²) in [6.45, 7) is 0. The van der Waals surface area contributed by atoms with Gasteiger partial charge in [-0.1, -0.05) is 35.8 Å². The van der Waals surface area contributed by atoms with Gasteiger partial charge in [0.25, 0.3) is 0 Å². The molecule has 0 aromatic heterocycles. The fourth-order valence-electron chi connectivity index (χ4n) is 2.08. The fourth-order valence-corrected chi connectivity index (χ4v) is 2.08. The lowest BCUT2D eigenvalue weighted by atomic mass is 10.00. The highest BCUT2D eigenvalue weighted by atomic mass is 15.1. The first kappa shape index (κ1) is 9.10. The lowest BCUT2D eigenvalue weighted by Gasteiger charge is -2.10. The maximum absolute atomic E-state index is 8.49. The van der Waals surface area contributed by atoms with E-state index in [-0.39, 0.29) is 6.04 Å². The van der Waals surface area contributed by atoms with Crippen molar-refractivity contribution in [2.75, 3.05) is 0 Å². The summed E-state index contributed by atoms with van der Waals surface area (Å²) in [5.41, 5.74) is 11.1. The summed E-state index contributed by atoms with van der Waals surface area (Å²) < 4.78 is 0. The highest BCUT2D eigenvalue weighted by Crippen LogP contribution is 2.31. The van der Waals surface area contributed by atoms with Gasteiger partial charge in [-0.15, -0.1) is 0 Å². The third-order valence-electron chi connectivity index (χ3n) is 2.78. The molecule has 0 bridgehead atoms. The third-order valence-corrected chi connectivity index (χ3v) is 2.78. The van der Waals surface area contributed by atoms with E-state index in [9.17, 15) is 0 Å². The van der Waals surface area contributed by atoms with E-state index in [2.05, 4.69) is 28.2 Å². The number of nitrogens with zero attached hydrogens (tertiary/aromatic N) is 3. The molecule has 3 heteroatoms. The van der Waals surface area contributed by atoms with Crippen molar-refractivity contribution in [1.29, 1.82) is 0 Å². The molecule has 1 aromatic carbocycles. The maximum atomic E-state index is 8.49. The number of azide groups is 1. The number of rotatable bonds is 1. The summed E-state index contributed by atoms with van der Waals surface area (Å²) in [5.74, 6) is 0. The van der Waals surface area contributed by atoms with Gasteiger partial charge in [0.1, 0.15) is 0 Å². The van der Waals surface area contributed by atoms with Crippen molar-refractivity contribution in [2.45, 2.75) is 31.7 Å². The average Bonchev–Trinajstić information content (AvgIpc) is 2.42. The van der Waals surface area contributed by atoms with E-state index in [4.69, 9.17) is 5.53 Å². The van der Waals surface area contributed by atoms with Crippen LogP contribution in [0.1, 0.15) is 36.4 Å². The molecule has 0 saturated heterocycles. The van der Waals surface area contributed by atoms with Crippen LogP contribution in [-0.4, -0.2) is 0 Å². The Hall–Kier alpha value is -1.47. The van der Waals surface area contributed by atoms with Gasteiger partial charge in [0.2, 0.25) is 0 Å². The summed E-state index contributed by atoms with van der Waals surface area (Å²) in [7, 11) is 0. The van der Waals surface area contributed by atoms with Crippen molar-refractivity contribution in [1.82, 2.24) is 0 Å². The van der Waals surface area contributed by atoms with Crippen LogP contribution in [-0.2, 0) is 6.42 Å². The van der Waals surface area contributed by atoms with Gasteiger partial charge in [-0.3, -0.25) is 0 Å². The van der Waals surface area contributed by atoms with E-state index in [1.54, 1.807) is 0 Å². The first-order chi connectivity index (χ1) is 6.92. The number of benzene rings is 1. The Morgan fingerprint density at radius 1 is 1.29 bits per heavy atom. The van der Waals surface area contributed by atoms with Gasteiger partial charge in [0.05, 0.1) is 6.04 Å². The zero-order chi connectivity index (χ0) is 9.80. The molecule has 0 aliphatic heterocycles. The van der Waals surface area contributed by atoms with Gasteiger partial charge < -0.3 is 0 Å². The highest BCUT2D eigenvalue weighted by molar-refractivity contribution is 5.31. The highest BCUT2D eigenvalue weighted by Gasteiger charge is 2.16. The van der Waals surface area contributed by atoms with Crippen LogP contribution >= 0.6 is 0 Å². The van der Waals surface area contributed by atoms with Gasteiger partial charge >= 0.3 is 0 Å². The van der Waals surface area contributed by atoms with E-state index in [1.165, 1.54) is 17.5 Å². The topological polar surface area (TPSA) is 48.8 Å². The van der Waals surface area contributed by atoms with E-state index in [1.807, 2.05) is 6.07 Å². The van der Waals surface area contributed by atoms with Crippen LogP contribution in [0.25, 0.3) is 10.4 Å². The Balaban J connectivity index is 2.41. The zero-order valence-corrected chi connectivity index (χ0v) is 8.06. The van der Waals surface area contributed by atoms with Crippen molar-refractivity contribution < 1.29 is 0 Å². The van der Waals surface area contributed by atoms with Crippen molar-refractivity contribution >= 4 is 0 Å². The monoisotopic (exact) mass is 187 g/mol. The van der Waals surface area contributed by atoms with E-state index in [0.717, 1.165) is 19.3 Å². The third kappa shape index (κ3) is 1.73. The van der Waals surface area contributed by atoms with Crippen molar-refractivity contribution in [3.05, 3.63) is 45.8 Å². The molecule has 0 N–H and O–H groups in total. The summed E-state index contributed by atoms with van der Waals surface area (Å²) in [5, 5.41) is 3.87. The molecule has 14 heavy (non-hydrogen) atoms. The summed E-state index contributed by atoms with van der Waals surface area (Å²) in [4.78, 5) is 2.92. The van der Waals surface area contributed by atoms with Crippen molar-refractivity contribution in [3.63, 3.8) is 0 Å². The van der Waals surface area contributed by atoms with E-state index in [0.29, 0.717) is 0 Å². The van der Waals surface area contributed by atoms with E-state index >= 15 is 0 Å². The molecular weight excluding hydrogens is 174 g/mol. The molecule has 2 rings (SSSR count). The molecule has 0 spiro atoms. The van der Waals surface area contributed by atoms with Crippen LogP contribution in [0.3, 0.4) is 0 Å². The molecule has 1 aromatic rings. The predicted octanol–water partition coefficient (Wildman–Crippen LogP) is 3.76. The second-order valence-corrected chi connectivity index (χ2v) is 3.67. The fraction of sp³-hybridized carbons (Fsp3) is 0.455. The molecule has 0 heterocycles. The first-order valence-corrected chi connectivity index (χ1v) is 5.04. The van der Waals surface area contributed by atoms with Gasteiger partial charge in [0.15, 0.2) is 0 Å². The average molecular weight is 187 g/mol. The zero-order valence-electron chi connectivity index (χ0n) is 8.06. The summed E-state index contributed by atoms with van der Waals surface area (Å²) >= 11 is 0. The molecule has 0 fully saturated rings. The molecular formula is C11H13N3. The van der Waals surface area contributed by atoms with Gasteiger partial charge in [-0.25, -0.2) is 0 Å². The van der Waals surface area contributed by atoms with Crippen LogP contribution in [0.4, 0.5) is 0 Å². The molecule has 3 nitrogen and oxygen atoms in total. The lowest BCUT2D eigenvalue weighted by molar-refractivity contribution is 0.612. The number of hydrogen-bond donors (Lipinski definition) is 0. The molecule has 72 valence electrons. The molecule has 0 saturated carbocycles. The number of fused-ring (bicyclic) bond motifs is 1. The summed E-state index contributed by atoms with van der Waals surface area (Å²) in [6, 6.07) is 8.35. The van der Waals surface area contributed by atoms with Crippen molar-refractivity contribution in [3.8, 4) is 0 Å². The quantitative estimate of drug-likeness (QED) is 0.278. The molecule has 0 radical (unpaired) electrons. The van der Waals surface area contributed by atoms with Gasteiger partial charge in [-0.2, -0.15) is 0 Å². The van der Waals surface area contributed by atoms with Crippen LogP contribution in [0.15, 0.2) is 29.4 Å². The normalized spacial score (nSPS) is 20.4. The number of aryl methyl sites for hydroxylation is 1. The maximum Gasteiger partial charge on any atom is 0.0628 e. The predicted molar refractivity (Wildman–Crippen MR) is 55.9 cm³/mol. The van der Waals surface area contributed by atoms with Crippen molar-refractivity contribution in [2.24, 2.45) is 5.11 Å². The Morgan fingerprint density at radius 2 is 2.14 bits per heavy atom. The molecule has 1 aliphatic rings. The molecule has 1 aliphatic carbocycles. The van der Waals surface area contributed by atoms with E-state index < -0.39 is 0 Å². The second-order valence-electron chi connectivity index (χ2n) is 3.67. The Bertz CT molecular complexity index is 367.